The van der Waals surface area contributed by atoms with Crippen molar-refractivity contribution in [2.75, 3.05) is 22.4 Å². The highest BCUT2D eigenvalue weighted by Gasteiger charge is 2.15. The molecule has 140 valence electrons. The first-order valence-electron chi connectivity index (χ1n) is 8.36. The monoisotopic (exact) mass is 376 g/mol. The van der Waals surface area contributed by atoms with Crippen LogP contribution in [0.5, 0.6) is 5.75 Å². The topological polar surface area (TPSA) is 75.7 Å². The minimum atomic E-state index is -3.35. The van der Waals surface area contributed by atoms with Gasteiger partial charge < -0.3 is 10.1 Å². The Bertz CT molecular complexity index is 861. The zero-order chi connectivity index (χ0) is 19.3. The maximum atomic E-state index is 12.4. The Morgan fingerprint density at radius 2 is 1.81 bits per heavy atom. The largest absolute Gasteiger partial charge is 0.491 e. The van der Waals surface area contributed by atoms with Gasteiger partial charge >= 0.3 is 0 Å². The van der Waals surface area contributed by atoms with E-state index in [1.54, 1.807) is 43.3 Å². The number of carbonyl (C=O) groups is 1. The van der Waals surface area contributed by atoms with Gasteiger partial charge in [0.25, 0.3) is 5.91 Å². The highest BCUT2D eigenvalue weighted by Crippen LogP contribution is 2.21. The fourth-order valence-corrected chi connectivity index (χ4v) is 3.48. The highest BCUT2D eigenvalue weighted by molar-refractivity contribution is 7.92. The lowest BCUT2D eigenvalue weighted by molar-refractivity contribution is 0.102. The zero-order valence-corrected chi connectivity index (χ0v) is 16.2. The molecule has 0 spiro atoms. The van der Waals surface area contributed by atoms with Crippen molar-refractivity contribution in [2.45, 2.75) is 26.9 Å². The van der Waals surface area contributed by atoms with Crippen LogP contribution in [0.2, 0.25) is 0 Å². The van der Waals surface area contributed by atoms with Crippen LogP contribution in [-0.2, 0) is 10.0 Å². The number of rotatable bonds is 7. The number of nitrogens with zero attached hydrogens (tertiary/aromatic N) is 1. The lowest BCUT2D eigenvalue weighted by Crippen LogP contribution is -2.29. The molecule has 1 amide bonds. The van der Waals surface area contributed by atoms with Crippen molar-refractivity contribution in [3.63, 3.8) is 0 Å². The molecule has 26 heavy (non-hydrogen) atoms. The molecule has 1 N–H and O–H groups in total. The van der Waals surface area contributed by atoms with Crippen molar-refractivity contribution >= 4 is 27.3 Å². The number of hydrogen-bond acceptors (Lipinski definition) is 4. The summed E-state index contributed by atoms with van der Waals surface area (Å²) in [6, 6.07) is 13.6. The SMILES string of the molecule is CCN(c1ccc(C(=O)Nc2cccc(OC(C)C)c2)cc1)S(C)(=O)=O. The van der Waals surface area contributed by atoms with Gasteiger partial charge in [-0.15, -0.1) is 0 Å². The van der Waals surface area contributed by atoms with Crippen molar-refractivity contribution in [3.05, 3.63) is 54.1 Å². The van der Waals surface area contributed by atoms with Crippen molar-refractivity contribution in [2.24, 2.45) is 0 Å². The Kier molecular flexibility index (Phi) is 6.26. The van der Waals surface area contributed by atoms with Gasteiger partial charge in [-0.25, -0.2) is 8.42 Å². The van der Waals surface area contributed by atoms with E-state index in [2.05, 4.69) is 5.32 Å². The van der Waals surface area contributed by atoms with Crippen LogP contribution in [0.15, 0.2) is 48.5 Å². The van der Waals surface area contributed by atoms with Gasteiger partial charge in [-0.05, 0) is 57.2 Å². The second-order valence-corrected chi connectivity index (χ2v) is 8.03. The van der Waals surface area contributed by atoms with Crippen molar-refractivity contribution in [1.29, 1.82) is 0 Å². The molecule has 0 atom stereocenters. The second-order valence-electron chi connectivity index (χ2n) is 6.12. The Morgan fingerprint density at radius 3 is 2.35 bits per heavy atom. The molecule has 2 aromatic carbocycles. The fraction of sp³-hybridized carbons (Fsp3) is 0.316. The van der Waals surface area contributed by atoms with E-state index in [0.29, 0.717) is 29.2 Å². The first kappa shape index (κ1) is 19.8. The molecule has 0 fully saturated rings. The molecule has 0 bridgehead atoms. The Morgan fingerprint density at radius 1 is 1.15 bits per heavy atom. The van der Waals surface area contributed by atoms with E-state index in [4.69, 9.17) is 4.74 Å². The van der Waals surface area contributed by atoms with Gasteiger partial charge in [-0.1, -0.05) is 6.07 Å². The minimum absolute atomic E-state index is 0.0462. The molecule has 7 heteroatoms. The maximum Gasteiger partial charge on any atom is 0.255 e. The smallest absolute Gasteiger partial charge is 0.255 e. The Hall–Kier alpha value is -2.54. The number of sulfonamides is 1. The summed E-state index contributed by atoms with van der Waals surface area (Å²) in [5, 5.41) is 2.81. The van der Waals surface area contributed by atoms with Crippen LogP contribution in [0.3, 0.4) is 0 Å². The third-order valence-corrected chi connectivity index (χ3v) is 4.84. The number of hydrogen-bond donors (Lipinski definition) is 1. The Balaban J connectivity index is 2.13. The van der Waals surface area contributed by atoms with E-state index in [1.807, 2.05) is 26.0 Å². The Labute approximate surface area is 154 Å². The third-order valence-electron chi connectivity index (χ3n) is 3.57. The lowest BCUT2D eigenvalue weighted by Gasteiger charge is -2.20. The van der Waals surface area contributed by atoms with Crippen LogP contribution in [-0.4, -0.2) is 33.2 Å². The van der Waals surface area contributed by atoms with Crippen molar-refractivity contribution in [3.8, 4) is 5.75 Å². The van der Waals surface area contributed by atoms with E-state index in [-0.39, 0.29) is 12.0 Å². The van der Waals surface area contributed by atoms with Crippen LogP contribution < -0.4 is 14.4 Å². The molecule has 0 aromatic heterocycles. The normalized spacial score (nSPS) is 11.3. The molecule has 2 aromatic rings. The van der Waals surface area contributed by atoms with Crippen molar-refractivity contribution < 1.29 is 17.9 Å². The summed E-state index contributed by atoms with van der Waals surface area (Å²) in [6.45, 7) is 5.95. The van der Waals surface area contributed by atoms with Crippen molar-refractivity contribution in [1.82, 2.24) is 0 Å². The van der Waals surface area contributed by atoms with Gasteiger partial charge in [-0.3, -0.25) is 9.10 Å². The molecule has 0 aliphatic rings. The number of carbonyl (C=O) groups excluding carboxylic acids is 1. The highest BCUT2D eigenvalue weighted by atomic mass is 32.2. The van der Waals surface area contributed by atoms with E-state index < -0.39 is 10.0 Å². The van der Waals surface area contributed by atoms with E-state index in [9.17, 15) is 13.2 Å². The van der Waals surface area contributed by atoms with Gasteiger partial charge in [0.05, 0.1) is 18.0 Å². The molecular weight excluding hydrogens is 352 g/mol. The van der Waals surface area contributed by atoms with E-state index in [1.165, 1.54) is 4.31 Å². The number of benzene rings is 2. The second kappa shape index (κ2) is 8.23. The first-order valence-corrected chi connectivity index (χ1v) is 10.2. The summed E-state index contributed by atoms with van der Waals surface area (Å²) in [7, 11) is -3.35. The summed E-state index contributed by atoms with van der Waals surface area (Å²) >= 11 is 0. The molecule has 0 saturated heterocycles. The standard InChI is InChI=1S/C19H24N2O4S/c1-5-21(26(4,23)24)17-11-9-15(10-12-17)19(22)20-16-7-6-8-18(13-16)25-14(2)3/h6-14H,5H2,1-4H3,(H,20,22). The third kappa shape index (κ3) is 5.23. The van der Waals surface area contributed by atoms with Gasteiger partial charge in [0, 0.05) is 23.9 Å². The van der Waals surface area contributed by atoms with Crippen LogP contribution in [0, 0.1) is 0 Å². The van der Waals surface area contributed by atoms with Crippen LogP contribution in [0.4, 0.5) is 11.4 Å². The maximum absolute atomic E-state index is 12.4. The molecule has 0 saturated carbocycles. The van der Waals surface area contributed by atoms with Crippen LogP contribution in [0.25, 0.3) is 0 Å². The average Bonchev–Trinajstić information content (AvgIpc) is 2.54. The molecule has 0 aliphatic heterocycles. The number of ether oxygens (including phenoxy) is 1. The number of anilines is 2. The van der Waals surface area contributed by atoms with Gasteiger partial charge in [0.1, 0.15) is 5.75 Å². The van der Waals surface area contributed by atoms with Gasteiger partial charge in [0.2, 0.25) is 10.0 Å². The number of amides is 1. The van der Waals surface area contributed by atoms with Gasteiger partial charge in [0.15, 0.2) is 0 Å². The van der Waals surface area contributed by atoms with E-state index in [0.717, 1.165) is 6.26 Å². The summed E-state index contributed by atoms with van der Waals surface area (Å²) in [4.78, 5) is 12.4. The predicted molar refractivity (Wildman–Crippen MR) is 104 cm³/mol. The van der Waals surface area contributed by atoms with Crippen LogP contribution in [0.1, 0.15) is 31.1 Å². The summed E-state index contributed by atoms with van der Waals surface area (Å²) in [5.41, 5.74) is 1.59. The number of nitrogens with one attached hydrogen (secondary N) is 1. The average molecular weight is 376 g/mol. The molecule has 0 unspecified atom stereocenters. The summed E-state index contributed by atoms with van der Waals surface area (Å²) in [5.74, 6) is 0.403. The summed E-state index contributed by atoms with van der Waals surface area (Å²) < 4.78 is 30.4. The molecular formula is C19H24N2O4S. The fourth-order valence-electron chi connectivity index (χ4n) is 2.51. The summed E-state index contributed by atoms with van der Waals surface area (Å²) in [6.07, 6.45) is 1.20. The predicted octanol–water partition coefficient (Wildman–Crippen LogP) is 3.51. The van der Waals surface area contributed by atoms with Crippen LogP contribution >= 0.6 is 0 Å². The zero-order valence-electron chi connectivity index (χ0n) is 15.4. The molecule has 0 radical (unpaired) electrons. The molecule has 0 heterocycles. The molecule has 0 aliphatic carbocycles. The molecule has 2 rings (SSSR count). The minimum Gasteiger partial charge on any atom is -0.491 e. The first-order chi connectivity index (χ1) is 12.2. The van der Waals surface area contributed by atoms with Gasteiger partial charge in [-0.2, -0.15) is 0 Å². The lowest BCUT2D eigenvalue weighted by atomic mass is 10.2. The quantitative estimate of drug-likeness (QED) is 0.802. The van der Waals surface area contributed by atoms with E-state index >= 15 is 0 Å². The molecule has 6 nitrogen and oxygen atoms in total.